The van der Waals surface area contributed by atoms with Crippen LogP contribution in [0.5, 0.6) is 0 Å². The molecule has 126 valence electrons. The van der Waals surface area contributed by atoms with Gasteiger partial charge in [0.2, 0.25) is 5.91 Å². The van der Waals surface area contributed by atoms with E-state index in [2.05, 4.69) is 34.6 Å². The predicted octanol–water partition coefficient (Wildman–Crippen LogP) is 2.88. The number of carbonyl (C=O) groups is 1. The summed E-state index contributed by atoms with van der Waals surface area (Å²) in [5, 5.41) is 7.85. The minimum Gasteiger partial charge on any atom is -0.338 e. The number of benzene rings is 2. The molecule has 0 bridgehead atoms. The third-order valence-corrected chi connectivity index (χ3v) is 4.81. The van der Waals surface area contributed by atoms with Crippen LogP contribution < -0.4 is 0 Å². The zero-order chi connectivity index (χ0) is 17.1. The van der Waals surface area contributed by atoms with Gasteiger partial charge in [-0.25, -0.2) is 4.68 Å². The summed E-state index contributed by atoms with van der Waals surface area (Å²) < 4.78 is 1.83. The number of likely N-dealkylation sites (tertiary alicyclic amines) is 1. The lowest BCUT2D eigenvalue weighted by Crippen LogP contribution is -2.51. The Balaban J connectivity index is 1.47. The normalized spacial score (nSPS) is 14.5. The molecule has 1 amide bonds. The van der Waals surface area contributed by atoms with Gasteiger partial charge in [0.25, 0.3) is 0 Å². The Morgan fingerprint density at radius 3 is 2.12 bits per heavy atom. The molecule has 5 heteroatoms. The molecule has 0 atom stereocenters. The number of hydrogen-bond acceptors (Lipinski definition) is 3. The van der Waals surface area contributed by atoms with Gasteiger partial charge in [0.05, 0.1) is 12.2 Å². The molecule has 3 aromatic rings. The van der Waals surface area contributed by atoms with Gasteiger partial charge >= 0.3 is 0 Å². The van der Waals surface area contributed by atoms with Crippen molar-refractivity contribution in [1.29, 1.82) is 0 Å². The van der Waals surface area contributed by atoms with E-state index in [9.17, 15) is 4.79 Å². The van der Waals surface area contributed by atoms with Crippen molar-refractivity contribution in [2.45, 2.75) is 18.4 Å². The van der Waals surface area contributed by atoms with Gasteiger partial charge in [0.15, 0.2) is 0 Å². The highest BCUT2D eigenvalue weighted by Crippen LogP contribution is 2.30. The Labute approximate surface area is 146 Å². The molecule has 5 nitrogen and oxygen atoms in total. The highest BCUT2D eigenvalue weighted by atomic mass is 16.2. The number of hydrogen-bond donors (Lipinski definition) is 0. The van der Waals surface area contributed by atoms with Crippen molar-refractivity contribution in [3.05, 3.63) is 84.2 Å². The van der Waals surface area contributed by atoms with Crippen LogP contribution >= 0.6 is 0 Å². The maximum atomic E-state index is 12.8. The van der Waals surface area contributed by atoms with E-state index in [-0.39, 0.29) is 17.9 Å². The van der Waals surface area contributed by atoms with E-state index in [1.165, 1.54) is 11.1 Å². The number of nitrogens with zero attached hydrogens (tertiary/aromatic N) is 4. The molecule has 2 aromatic carbocycles. The first kappa shape index (κ1) is 15.6. The van der Waals surface area contributed by atoms with Gasteiger partial charge in [-0.15, -0.1) is 5.10 Å². The quantitative estimate of drug-likeness (QED) is 0.722. The van der Waals surface area contributed by atoms with Crippen LogP contribution in [0.15, 0.2) is 73.1 Å². The Morgan fingerprint density at radius 2 is 1.60 bits per heavy atom. The molecule has 1 saturated heterocycles. The van der Waals surface area contributed by atoms with Crippen LogP contribution in [0.3, 0.4) is 0 Å². The Hall–Kier alpha value is -2.95. The van der Waals surface area contributed by atoms with Crippen molar-refractivity contribution in [1.82, 2.24) is 19.9 Å². The molecule has 4 rings (SSSR count). The lowest BCUT2D eigenvalue weighted by atomic mass is 9.87. The summed E-state index contributed by atoms with van der Waals surface area (Å²) in [7, 11) is 0. The number of rotatable bonds is 5. The Morgan fingerprint density at radius 1 is 1.00 bits per heavy atom. The molecule has 0 radical (unpaired) electrons. The topological polar surface area (TPSA) is 51.0 Å². The Kier molecular flexibility index (Phi) is 4.29. The van der Waals surface area contributed by atoms with Crippen molar-refractivity contribution in [3.8, 4) is 0 Å². The molecule has 25 heavy (non-hydrogen) atoms. The summed E-state index contributed by atoms with van der Waals surface area (Å²) in [6.07, 6.45) is 4.01. The van der Waals surface area contributed by atoms with Gasteiger partial charge in [0.1, 0.15) is 0 Å². The third kappa shape index (κ3) is 3.31. The second-order valence-electron chi connectivity index (χ2n) is 6.41. The fourth-order valence-electron chi connectivity index (χ4n) is 3.34. The highest BCUT2D eigenvalue weighted by molar-refractivity contribution is 5.78. The fraction of sp³-hybridized carbons (Fsp3) is 0.250. The van der Waals surface area contributed by atoms with Crippen molar-refractivity contribution in [2.75, 3.05) is 13.1 Å². The highest BCUT2D eigenvalue weighted by Gasteiger charge is 2.33. The van der Waals surface area contributed by atoms with Crippen LogP contribution in [0.1, 0.15) is 29.5 Å². The largest absolute Gasteiger partial charge is 0.338 e. The van der Waals surface area contributed by atoms with Crippen LogP contribution in [-0.4, -0.2) is 38.9 Å². The molecule has 1 fully saturated rings. The van der Waals surface area contributed by atoms with E-state index in [1.54, 1.807) is 6.20 Å². The van der Waals surface area contributed by atoms with Gasteiger partial charge in [0, 0.05) is 31.6 Å². The maximum Gasteiger partial charge on any atom is 0.223 e. The Bertz CT molecular complexity index is 772. The molecule has 1 aliphatic heterocycles. The van der Waals surface area contributed by atoms with Gasteiger partial charge < -0.3 is 4.90 Å². The van der Waals surface area contributed by atoms with Gasteiger partial charge in [-0.3, -0.25) is 4.79 Å². The predicted molar refractivity (Wildman–Crippen MR) is 95.0 cm³/mol. The van der Waals surface area contributed by atoms with Gasteiger partial charge in [-0.05, 0) is 11.1 Å². The maximum absolute atomic E-state index is 12.8. The summed E-state index contributed by atoms with van der Waals surface area (Å²) in [5.41, 5.74) is 2.35. The average molecular weight is 332 g/mol. The molecule has 0 unspecified atom stereocenters. The smallest absolute Gasteiger partial charge is 0.223 e. The molecule has 0 saturated carbocycles. The SMILES string of the molecule is O=C(CC(c1ccccc1)c1ccccc1)N1CC(n2ccnn2)C1. The summed E-state index contributed by atoms with van der Waals surface area (Å²) in [6, 6.07) is 20.8. The second kappa shape index (κ2) is 6.89. The lowest BCUT2D eigenvalue weighted by Gasteiger charge is -2.39. The molecule has 1 aliphatic rings. The molecule has 2 heterocycles. The van der Waals surface area contributed by atoms with E-state index >= 15 is 0 Å². The van der Waals surface area contributed by atoms with E-state index in [0.29, 0.717) is 19.5 Å². The lowest BCUT2D eigenvalue weighted by molar-refractivity contribution is -0.137. The van der Waals surface area contributed by atoms with Crippen molar-refractivity contribution in [3.63, 3.8) is 0 Å². The summed E-state index contributed by atoms with van der Waals surface area (Å²) >= 11 is 0. The molecule has 0 aliphatic carbocycles. The zero-order valence-electron chi connectivity index (χ0n) is 13.9. The van der Waals surface area contributed by atoms with Crippen LogP contribution in [-0.2, 0) is 4.79 Å². The van der Waals surface area contributed by atoms with Gasteiger partial charge in [-0.1, -0.05) is 65.9 Å². The number of aromatic nitrogens is 3. The number of carbonyl (C=O) groups excluding carboxylic acids is 1. The third-order valence-electron chi connectivity index (χ3n) is 4.81. The van der Waals surface area contributed by atoms with E-state index in [4.69, 9.17) is 0 Å². The first-order valence-corrected chi connectivity index (χ1v) is 8.55. The standard InChI is InChI=1S/C20H20N4O/c25-20(23-14-18(15-23)24-12-11-21-22-24)13-19(16-7-3-1-4-8-16)17-9-5-2-6-10-17/h1-12,18-19H,13-15H2. The minimum absolute atomic E-state index is 0.0836. The fourth-order valence-corrected chi connectivity index (χ4v) is 3.34. The first-order valence-electron chi connectivity index (χ1n) is 8.55. The van der Waals surface area contributed by atoms with E-state index in [1.807, 2.05) is 52.2 Å². The van der Waals surface area contributed by atoms with Crippen molar-refractivity contribution in [2.24, 2.45) is 0 Å². The summed E-state index contributed by atoms with van der Waals surface area (Å²) in [4.78, 5) is 14.7. The van der Waals surface area contributed by atoms with Crippen LogP contribution in [0.2, 0.25) is 0 Å². The molecular weight excluding hydrogens is 312 g/mol. The first-order chi connectivity index (χ1) is 12.3. The molecular formula is C20H20N4O. The van der Waals surface area contributed by atoms with Crippen molar-refractivity contribution >= 4 is 5.91 Å². The zero-order valence-corrected chi connectivity index (χ0v) is 13.9. The van der Waals surface area contributed by atoms with Crippen LogP contribution in [0.25, 0.3) is 0 Å². The summed E-state index contributed by atoms with van der Waals surface area (Å²) in [5.74, 6) is 0.273. The van der Waals surface area contributed by atoms with Crippen molar-refractivity contribution < 1.29 is 4.79 Å². The van der Waals surface area contributed by atoms with Crippen LogP contribution in [0.4, 0.5) is 0 Å². The number of amides is 1. The monoisotopic (exact) mass is 332 g/mol. The van der Waals surface area contributed by atoms with Gasteiger partial charge in [-0.2, -0.15) is 0 Å². The molecule has 1 aromatic heterocycles. The second-order valence-corrected chi connectivity index (χ2v) is 6.41. The van der Waals surface area contributed by atoms with E-state index < -0.39 is 0 Å². The molecule has 0 spiro atoms. The minimum atomic E-state index is 0.0836. The molecule has 0 N–H and O–H groups in total. The van der Waals surface area contributed by atoms with Crippen LogP contribution in [0, 0.1) is 0 Å². The average Bonchev–Trinajstić information content (AvgIpc) is 3.14. The summed E-state index contributed by atoms with van der Waals surface area (Å²) in [6.45, 7) is 1.41. The van der Waals surface area contributed by atoms with E-state index in [0.717, 1.165) is 0 Å².